The molecule has 0 unspecified atom stereocenters. The molecular weight excluding hydrogens is 317 g/mol. The molecule has 0 atom stereocenters. The Morgan fingerprint density at radius 3 is 2.40 bits per heavy atom. The molecule has 1 amide bonds. The van der Waals surface area contributed by atoms with E-state index >= 15 is 0 Å². The predicted octanol–water partition coefficient (Wildman–Crippen LogP) is 4.48. The first-order valence-electron chi connectivity index (χ1n) is 8.02. The smallest absolute Gasteiger partial charge is 0.224 e. The second kappa shape index (κ2) is 8.11. The minimum Gasteiger partial charge on any atom is -0.457 e. The Balaban J connectivity index is 1.57. The normalized spacial score (nSPS) is 10.3. The zero-order valence-corrected chi connectivity index (χ0v) is 13.6. The maximum Gasteiger partial charge on any atom is 0.224 e. The lowest BCUT2D eigenvalue weighted by Gasteiger charge is -2.09. The fraction of sp³-hybridized carbons (Fsp3) is 0.0952. The minimum absolute atomic E-state index is 0.0207. The van der Waals surface area contributed by atoms with Crippen molar-refractivity contribution in [2.75, 3.05) is 0 Å². The van der Waals surface area contributed by atoms with Crippen LogP contribution in [0.5, 0.6) is 11.5 Å². The van der Waals surface area contributed by atoms with Gasteiger partial charge in [0.15, 0.2) is 0 Å². The molecule has 0 spiro atoms. The van der Waals surface area contributed by atoms with E-state index in [1.54, 1.807) is 18.2 Å². The van der Waals surface area contributed by atoms with Gasteiger partial charge < -0.3 is 10.1 Å². The number of rotatable bonds is 6. The Morgan fingerprint density at radius 1 is 0.880 bits per heavy atom. The number of amides is 1. The molecule has 0 heterocycles. The van der Waals surface area contributed by atoms with Gasteiger partial charge in [0.1, 0.15) is 17.3 Å². The molecule has 0 aromatic heterocycles. The molecule has 0 saturated carbocycles. The van der Waals surface area contributed by atoms with Gasteiger partial charge in [-0.15, -0.1) is 0 Å². The Hall–Kier alpha value is -3.14. The van der Waals surface area contributed by atoms with Gasteiger partial charge in [-0.2, -0.15) is 0 Å². The molecule has 3 nitrogen and oxygen atoms in total. The highest BCUT2D eigenvalue weighted by molar-refractivity contribution is 5.78. The van der Waals surface area contributed by atoms with E-state index < -0.39 is 0 Å². The number of halogens is 1. The second-order valence-corrected chi connectivity index (χ2v) is 5.61. The molecule has 0 aliphatic heterocycles. The highest BCUT2D eigenvalue weighted by Gasteiger charge is 2.07. The van der Waals surface area contributed by atoms with Crippen molar-refractivity contribution in [1.82, 2.24) is 5.32 Å². The Labute approximate surface area is 146 Å². The molecule has 25 heavy (non-hydrogen) atoms. The van der Waals surface area contributed by atoms with Crippen LogP contribution in [0.3, 0.4) is 0 Å². The molecule has 0 radical (unpaired) electrons. The van der Waals surface area contributed by atoms with Gasteiger partial charge in [-0.1, -0.05) is 48.5 Å². The van der Waals surface area contributed by atoms with Gasteiger partial charge in [-0.3, -0.25) is 4.79 Å². The van der Waals surface area contributed by atoms with Crippen LogP contribution >= 0.6 is 0 Å². The monoisotopic (exact) mass is 335 g/mol. The highest BCUT2D eigenvalue weighted by atomic mass is 19.1. The van der Waals surface area contributed by atoms with Crippen LogP contribution in [0.25, 0.3) is 0 Å². The number of ether oxygens (including phenoxy) is 1. The van der Waals surface area contributed by atoms with Crippen LogP contribution < -0.4 is 10.1 Å². The van der Waals surface area contributed by atoms with Gasteiger partial charge in [0.2, 0.25) is 5.91 Å². The summed E-state index contributed by atoms with van der Waals surface area (Å²) in [5.41, 5.74) is 1.30. The number of nitrogens with one attached hydrogen (secondary N) is 1. The summed E-state index contributed by atoms with van der Waals surface area (Å²) < 4.78 is 19.4. The lowest BCUT2D eigenvalue weighted by Crippen LogP contribution is -2.24. The topological polar surface area (TPSA) is 38.3 Å². The first-order chi connectivity index (χ1) is 12.2. The molecule has 0 aliphatic carbocycles. The van der Waals surface area contributed by atoms with Crippen molar-refractivity contribution >= 4 is 5.91 Å². The summed E-state index contributed by atoms with van der Waals surface area (Å²) in [5.74, 6) is 0.866. The number of para-hydroxylation sites is 1. The minimum atomic E-state index is -0.365. The average Bonchev–Trinajstić information content (AvgIpc) is 2.63. The second-order valence-electron chi connectivity index (χ2n) is 5.61. The van der Waals surface area contributed by atoms with Crippen molar-refractivity contribution < 1.29 is 13.9 Å². The molecule has 3 rings (SSSR count). The van der Waals surface area contributed by atoms with E-state index in [1.807, 2.05) is 54.6 Å². The van der Waals surface area contributed by atoms with Crippen LogP contribution in [-0.4, -0.2) is 5.91 Å². The maximum absolute atomic E-state index is 13.6. The van der Waals surface area contributed by atoms with Gasteiger partial charge in [0, 0.05) is 6.54 Å². The summed E-state index contributed by atoms with van der Waals surface area (Å²) in [6, 6.07) is 23.3. The Morgan fingerprint density at radius 2 is 1.60 bits per heavy atom. The van der Waals surface area contributed by atoms with E-state index in [1.165, 1.54) is 6.07 Å². The largest absolute Gasteiger partial charge is 0.457 e. The van der Waals surface area contributed by atoms with Crippen molar-refractivity contribution in [2.45, 2.75) is 13.0 Å². The van der Waals surface area contributed by atoms with Crippen LogP contribution in [0.2, 0.25) is 0 Å². The third-order valence-electron chi connectivity index (χ3n) is 3.68. The number of hydrogen-bond acceptors (Lipinski definition) is 2. The maximum atomic E-state index is 13.6. The predicted molar refractivity (Wildman–Crippen MR) is 94.9 cm³/mol. The van der Waals surface area contributed by atoms with Crippen LogP contribution in [0.4, 0.5) is 4.39 Å². The summed E-state index contributed by atoms with van der Waals surface area (Å²) in [4.78, 5) is 12.0. The van der Waals surface area contributed by atoms with Crippen molar-refractivity contribution in [3.63, 3.8) is 0 Å². The van der Waals surface area contributed by atoms with Gasteiger partial charge in [-0.05, 0) is 41.5 Å². The molecule has 0 aliphatic rings. The molecule has 0 bridgehead atoms. The van der Waals surface area contributed by atoms with E-state index in [0.29, 0.717) is 17.9 Å². The standard InChI is InChI=1S/C21H18FNO2/c22-20-12-5-4-8-17(20)14-21(24)23-15-16-7-6-11-19(13-16)25-18-9-2-1-3-10-18/h1-13H,14-15H2,(H,23,24). The summed E-state index contributed by atoms with van der Waals surface area (Å²) in [5, 5.41) is 2.80. The summed E-state index contributed by atoms with van der Waals surface area (Å²) in [6.45, 7) is 0.360. The molecule has 1 N–H and O–H groups in total. The average molecular weight is 335 g/mol. The first-order valence-corrected chi connectivity index (χ1v) is 8.02. The molecule has 0 saturated heterocycles. The first kappa shape index (κ1) is 16.7. The molecule has 0 fully saturated rings. The van der Waals surface area contributed by atoms with E-state index in [9.17, 15) is 9.18 Å². The zero-order valence-electron chi connectivity index (χ0n) is 13.6. The highest BCUT2D eigenvalue weighted by Crippen LogP contribution is 2.21. The Bertz CT molecular complexity index is 849. The van der Waals surface area contributed by atoms with Gasteiger partial charge >= 0.3 is 0 Å². The third kappa shape index (κ3) is 4.91. The molecule has 3 aromatic carbocycles. The fourth-order valence-electron chi connectivity index (χ4n) is 2.42. The lowest BCUT2D eigenvalue weighted by molar-refractivity contribution is -0.120. The van der Waals surface area contributed by atoms with Crippen molar-refractivity contribution in [2.24, 2.45) is 0 Å². The number of carbonyl (C=O) groups is 1. The van der Waals surface area contributed by atoms with Crippen molar-refractivity contribution in [1.29, 1.82) is 0 Å². The van der Waals surface area contributed by atoms with Crippen LogP contribution in [0.1, 0.15) is 11.1 Å². The SMILES string of the molecule is O=C(Cc1ccccc1F)NCc1cccc(Oc2ccccc2)c1. The van der Waals surface area contributed by atoms with Crippen LogP contribution in [0.15, 0.2) is 78.9 Å². The van der Waals surface area contributed by atoms with Gasteiger partial charge in [0.25, 0.3) is 0 Å². The summed E-state index contributed by atoms with van der Waals surface area (Å²) >= 11 is 0. The number of benzene rings is 3. The molecule has 126 valence electrons. The zero-order chi connectivity index (χ0) is 17.5. The third-order valence-corrected chi connectivity index (χ3v) is 3.68. The number of hydrogen-bond donors (Lipinski definition) is 1. The van der Waals surface area contributed by atoms with Crippen LogP contribution in [0, 0.1) is 5.82 Å². The van der Waals surface area contributed by atoms with E-state index in [0.717, 1.165) is 11.3 Å². The quantitative estimate of drug-likeness (QED) is 0.721. The molecular formula is C21H18FNO2. The number of carbonyl (C=O) groups excluding carboxylic acids is 1. The van der Waals surface area contributed by atoms with Crippen LogP contribution in [-0.2, 0) is 17.8 Å². The van der Waals surface area contributed by atoms with Gasteiger partial charge in [0.05, 0.1) is 6.42 Å². The summed E-state index contributed by atoms with van der Waals surface area (Å²) in [6.07, 6.45) is 0.0207. The Kier molecular flexibility index (Phi) is 5.42. The van der Waals surface area contributed by atoms with Crippen molar-refractivity contribution in [3.05, 3.63) is 95.8 Å². The van der Waals surface area contributed by atoms with E-state index in [4.69, 9.17) is 4.74 Å². The lowest BCUT2D eigenvalue weighted by atomic mass is 10.1. The molecule has 3 aromatic rings. The summed E-state index contributed by atoms with van der Waals surface area (Å²) in [7, 11) is 0. The molecule has 4 heteroatoms. The van der Waals surface area contributed by atoms with Gasteiger partial charge in [-0.25, -0.2) is 4.39 Å². The van der Waals surface area contributed by atoms with Crippen molar-refractivity contribution in [3.8, 4) is 11.5 Å². The fourth-order valence-corrected chi connectivity index (χ4v) is 2.42. The van der Waals surface area contributed by atoms with E-state index in [2.05, 4.69) is 5.32 Å². The van der Waals surface area contributed by atoms with E-state index in [-0.39, 0.29) is 18.1 Å².